The van der Waals surface area contributed by atoms with Crippen molar-refractivity contribution in [2.45, 2.75) is 19.9 Å². The van der Waals surface area contributed by atoms with E-state index in [1.54, 1.807) is 38.1 Å². The van der Waals surface area contributed by atoms with Gasteiger partial charge in [-0.15, -0.1) is 0 Å². The first-order chi connectivity index (χ1) is 14.9. The number of hydrogen-bond acceptors (Lipinski definition) is 4. The lowest BCUT2D eigenvalue weighted by Gasteiger charge is -2.17. The van der Waals surface area contributed by atoms with Crippen LogP contribution in [0.25, 0.3) is 0 Å². The standard InChI is InChI=1S/C24H22N4O3/c1-15(2)28-22(29)20-13-12-19(14-21(20)23(28)30)27-24(31)26-18-10-8-17(9-11-18)25-16-6-4-3-5-7-16/h3-15,25H,1-2H3,(H2,26,27,31). The lowest BCUT2D eigenvalue weighted by Crippen LogP contribution is -2.35. The van der Waals surface area contributed by atoms with Gasteiger partial charge in [-0.05, 0) is 68.4 Å². The maximum absolute atomic E-state index is 12.5. The van der Waals surface area contributed by atoms with Gasteiger partial charge in [0.05, 0.1) is 11.1 Å². The fraction of sp³-hybridized carbons (Fsp3) is 0.125. The zero-order valence-corrected chi connectivity index (χ0v) is 17.2. The number of rotatable bonds is 5. The van der Waals surface area contributed by atoms with Gasteiger partial charge in [-0.2, -0.15) is 0 Å². The first-order valence-electron chi connectivity index (χ1n) is 9.94. The summed E-state index contributed by atoms with van der Waals surface area (Å²) in [6.45, 7) is 3.57. The Hall–Kier alpha value is -4.13. The molecular formula is C24H22N4O3. The highest BCUT2D eigenvalue weighted by molar-refractivity contribution is 6.22. The second kappa shape index (κ2) is 8.31. The van der Waals surface area contributed by atoms with E-state index in [0.717, 1.165) is 11.4 Å². The van der Waals surface area contributed by atoms with E-state index in [1.165, 1.54) is 11.0 Å². The van der Waals surface area contributed by atoms with Crippen LogP contribution in [0.5, 0.6) is 0 Å². The lowest BCUT2D eigenvalue weighted by molar-refractivity contribution is 0.0609. The molecular weight excluding hydrogens is 392 g/mol. The number of urea groups is 1. The van der Waals surface area contributed by atoms with Gasteiger partial charge in [0.2, 0.25) is 0 Å². The minimum Gasteiger partial charge on any atom is -0.356 e. The Balaban J connectivity index is 1.40. The number of amides is 4. The molecule has 0 aromatic heterocycles. The number of nitrogens with zero attached hydrogens (tertiary/aromatic N) is 1. The van der Waals surface area contributed by atoms with Gasteiger partial charge in [0, 0.05) is 28.8 Å². The van der Waals surface area contributed by atoms with Crippen molar-refractivity contribution in [3.63, 3.8) is 0 Å². The molecule has 0 saturated carbocycles. The molecule has 0 unspecified atom stereocenters. The Morgan fingerprint density at radius 3 is 1.94 bits per heavy atom. The molecule has 4 rings (SSSR count). The predicted octanol–water partition coefficient (Wildman–Crippen LogP) is 5.08. The van der Waals surface area contributed by atoms with E-state index in [-0.39, 0.29) is 17.9 Å². The summed E-state index contributed by atoms with van der Waals surface area (Å²) in [5, 5.41) is 8.74. The summed E-state index contributed by atoms with van der Waals surface area (Å²) < 4.78 is 0. The van der Waals surface area contributed by atoms with Crippen molar-refractivity contribution in [2.75, 3.05) is 16.0 Å². The van der Waals surface area contributed by atoms with Gasteiger partial charge in [0.15, 0.2) is 0 Å². The molecule has 1 heterocycles. The van der Waals surface area contributed by atoms with Crippen molar-refractivity contribution in [1.82, 2.24) is 4.90 Å². The van der Waals surface area contributed by atoms with E-state index in [0.29, 0.717) is 22.5 Å². The SMILES string of the molecule is CC(C)N1C(=O)c2ccc(NC(=O)Nc3ccc(Nc4ccccc4)cc3)cc2C1=O. The average Bonchev–Trinajstić information content (AvgIpc) is 3.00. The number of anilines is 4. The fourth-order valence-corrected chi connectivity index (χ4v) is 3.42. The molecule has 0 radical (unpaired) electrons. The van der Waals surface area contributed by atoms with Gasteiger partial charge in [-0.1, -0.05) is 18.2 Å². The summed E-state index contributed by atoms with van der Waals surface area (Å²) in [6.07, 6.45) is 0. The molecule has 31 heavy (non-hydrogen) atoms. The van der Waals surface area contributed by atoms with E-state index in [2.05, 4.69) is 16.0 Å². The molecule has 1 aliphatic rings. The molecule has 3 aromatic rings. The molecule has 0 fully saturated rings. The van der Waals surface area contributed by atoms with Crippen LogP contribution in [0.1, 0.15) is 34.6 Å². The summed E-state index contributed by atoms with van der Waals surface area (Å²) >= 11 is 0. The smallest absolute Gasteiger partial charge is 0.323 e. The Morgan fingerprint density at radius 1 is 0.710 bits per heavy atom. The summed E-state index contributed by atoms with van der Waals surface area (Å²) in [6, 6.07) is 21.1. The Bertz CT molecular complexity index is 1140. The summed E-state index contributed by atoms with van der Waals surface area (Å²) in [5.74, 6) is -0.657. The van der Waals surface area contributed by atoms with Gasteiger partial charge >= 0.3 is 6.03 Å². The minimum atomic E-state index is -0.443. The second-order valence-corrected chi connectivity index (χ2v) is 7.48. The van der Waals surface area contributed by atoms with Crippen molar-refractivity contribution in [1.29, 1.82) is 0 Å². The molecule has 156 valence electrons. The number of benzene rings is 3. The fourth-order valence-electron chi connectivity index (χ4n) is 3.42. The van der Waals surface area contributed by atoms with E-state index in [9.17, 15) is 14.4 Å². The molecule has 3 N–H and O–H groups in total. The van der Waals surface area contributed by atoms with Gasteiger partial charge in [0.1, 0.15) is 0 Å². The summed E-state index contributed by atoms with van der Waals surface area (Å²) in [7, 11) is 0. The molecule has 0 spiro atoms. The predicted molar refractivity (Wildman–Crippen MR) is 121 cm³/mol. The van der Waals surface area contributed by atoms with Crippen LogP contribution in [0.4, 0.5) is 27.5 Å². The van der Waals surface area contributed by atoms with E-state index < -0.39 is 6.03 Å². The number of carbonyl (C=O) groups excluding carboxylic acids is 3. The van der Waals surface area contributed by atoms with E-state index >= 15 is 0 Å². The Kier molecular flexibility index (Phi) is 5.41. The third-order valence-electron chi connectivity index (χ3n) is 4.90. The maximum atomic E-state index is 12.5. The molecule has 7 heteroatoms. The van der Waals surface area contributed by atoms with Crippen LogP contribution >= 0.6 is 0 Å². The molecule has 7 nitrogen and oxygen atoms in total. The van der Waals surface area contributed by atoms with Crippen LogP contribution < -0.4 is 16.0 Å². The second-order valence-electron chi connectivity index (χ2n) is 7.48. The van der Waals surface area contributed by atoms with Crippen LogP contribution in [0.15, 0.2) is 72.8 Å². The zero-order valence-electron chi connectivity index (χ0n) is 17.2. The summed E-state index contributed by atoms with van der Waals surface area (Å²) in [4.78, 5) is 38.5. The van der Waals surface area contributed by atoms with Crippen molar-refractivity contribution in [3.05, 3.63) is 83.9 Å². The van der Waals surface area contributed by atoms with Crippen LogP contribution in [0, 0.1) is 0 Å². The number of hydrogen-bond donors (Lipinski definition) is 3. The van der Waals surface area contributed by atoms with Gasteiger partial charge in [0.25, 0.3) is 11.8 Å². The molecule has 0 saturated heterocycles. The number of carbonyl (C=O) groups is 3. The molecule has 1 aliphatic heterocycles. The third kappa shape index (κ3) is 4.25. The third-order valence-corrected chi connectivity index (χ3v) is 4.90. The Labute approximate surface area is 180 Å². The van der Waals surface area contributed by atoms with Gasteiger partial charge < -0.3 is 16.0 Å². The number of para-hydroxylation sites is 1. The van der Waals surface area contributed by atoms with Crippen molar-refractivity contribution >= 4 is 40.6 Å². The first kappa shape index (κ1) is 20.2. The molecule has 0 aliphatic carbocycles. The highest BCUT2D eigenvalue weighted by Crippen LogP contribution is 2.27. The highest BCUT2D eigenvalue weighted by Gasteiger charge is 2.37. The van der Waals surface area contributed by atoms with E-state index in [1.807, 2.05) is 42.5 Å². The van der Waals surface area contributed by atoms with Crippen LogP contribution in [0.3, 0.4) is 0 Å². The van der Waals surface area contributed by atoms with Gasteiger partial charge in [-0.3, -0.25) is 14.5 Å². The molecule has 0 atom stereocenters. The maximum Gasteiger partial charge on any atom is 0.323 e. The number of nitrogens with one attached hydrogen (secondary N) is 3. The van der Waals surface area contributed by atoms with Crippen LogP contribution in [-0.4, -0.2) is 28.8 Å². The van der Waals surface area contributed by atoms with Crippen LogP contribution in [-0.2, 0) is 0 Å². The van der Waals surface area contributed by atoms with E-state index in [4.69, 9.17) is 0 Å². The first-order valence-corrected chi connectivity index (χ1v) is 9.94. The van der Waals surface area contributed by atoms with Crippen molar-refractivity contribution in [2.24, 2.45) is 0 Å². The quantitative estimate of drug-likeness (QED) is 0.508. The van der Waals surface area contributed by atoms with Gasteiger partial charge in [-0.25, -0.2) is 4.79 Å². The molecule has 0 bridgehead atoms. The monoisotopic (exact) mass is 414 g/mol. The largest absolute Gasteiger partial charge is 0.356 e. The number of imide groups is 1. The lowest BCUT2D eigenvalue weighted by atomic mass is 10.1. The molecule has 3 aromatic carbocycles. The normalized spacial score (nSPS) is 12.7. The molecule has 4 amide bonds. The van der Waals surface area contributed by atoms with Crippen molar-refractivity contribution < 1.29 is 14.4 Å². The minimum absolute atomic E-state index is 0.230. The Morgan fingerprint density at radius 2 is 1.26 bits per heavy atom. The average molecular weight is 414 g/mol. The zero-order chi connectivity index (χ0) is 22.0. The highest BCUT2D eigenvalue weighted by atomic mass is 16.2. The summed E-state index contributed by atoms with van der Waals surface area (Å²) in [5.41, 5.74) is 3.58. The number of fused-ring (bicyclic) bond motifs is 1. The topological polar surface area (TPSA) is 90.5 Å². The van der Waals surface area contributed by atoms with Crippen molar-refractivity contribution in [3.8, 4) is 0 Å². The van der Waals surface area contributed by atoms with Crippen LogP contribution in [0.2, 0.25) is 0 Å².